The number of carbonyl (C=O) groups excluding carboxylic acids is 1. The number of fused-ring (bicyclic) bond motifs is 6. The maximum absolute atomic E-state index is 11.5. The second-order valence-corrected chi connectivity index (χ2v) is 31.4. The molecule has 0 bridgehead atoms. The number of para-hydroxylation sites is 2. The van der Waals surface area contributed by atoms with Gasteiger partial charge in [0.1, 0.15) is 51.9 Å². The number of nitrogens with zero attached hydrogens (tertiary/aromatic N) is 16. The van der Waals surface area contributed by atoms with Crippen molar-refractivity contribution in [2.24, 2.45) is 0 Å². The van der Waals surface area contributed by atoms with Crippen molar-refractivity contribution >= 4 is 147 Å². The van der Waals surface area contributed by atoms with Crippen molar-refractivity contribution in [3.05, 3.63) is 329 Å². The van der Waals surface area contributed by atoms with E-state index in [1.165, 1.54) is 17.8 Å². The summed E-state index contributed by atoms with van der Waals surface area (Å²) in [5, 5.41) is 62.0. The van der Waals surface area contributed by atoms with Gasteiger partial charge in [-0.2, -0.15) is 25.5 Å². The van der Waals surface area contributed by atoms with Crippen LogP contribution in [0.15, 0.2) is 273 Å². The number of H-pyrrole nitrogens is 5. The van der Waals surface area contributed by atoms with Crippen LogP contribution in [-0.2, 0) is 0 Å². The molecule has 0 aliphatic carbocycles. The highest BCUT2D eigenvalue weighted by molar-refractivity contribution is 6.30. The number of aromatic amines is 5. The van der Waals surface area contributed by atoms with Gasteiger partial charge in [-0.25, -0.2) is 59.5 Å². The largest absolute Gasteiger partial charge is 0.496 e. The quantitative estimate of drug-likeness (QED) is 0.0335. The van der Waals surface area contributed by atoms with Crippen LogP contribution in [-0.4, -0.2) is 128 Å². The van der Waals surface area contributed by atoms with E-state index in [-0.39, 0.29) is 0 Å². The first-order valence-corrected chi connectivity index (χ1v) is 43.0. The van der Waals surface area contributed by atoms with Gasteiger partial charge in [-0.3, -0.25) is 25.5 Å². The minimum Gasteiger partial charge on any atom is -0.496 e. The predicted octanol–water partition coefficient (Wildman–Crippen LogP) is 23.5. The van der Waals surface area contributed by atoms with E-state index in [0.717, 1.165) is 145 Å². The molecule has 0 saturated carbocycles. The van der Waals surface area contributed by atoms with Gasteiger partial charge in [-0.1, -0.05) is 163 Å². The Morgan fingerprint density at radius 2 is 0.776 bits per heavy atom. The van der Waals surface area contributed by atoms with E-state index in [1.807, 2.05) is 256 Å². The van der Waals surface area contributed by atoms with E-state index >= 15 is 0 Å². The summed E-state index contributed by atoms with van der Waals surface area (Å²) >= 11 is 6.00. The van der Waals surface area contributed by atoms with Gasteiger partial charge in [0.25, 0.3) is 0 Å². The topological polar surface area (TPSA) is 394 Å². The summed E-state index contributed by atoms with van der Waals surface area (Å²) in [5.41, 5.74) is 16.0. The Labute approximate surface area is 773 Å². The van der Waals surface area contributed by atoms with E-state index in [0.29, 0.717) is 98.4 Å². The van der Waals surface area contributed by atoms with E-state index in [2.05, 4.69) is 133 Å². The summed E-state index contributed by atoms with van der Waals surface area (Å²) in [7, 11) is 3.16. The van der Waals surface area contributed by atoms with Gasteiger partial charge in [0.2, 0.25) is 0 Å². The summed E-state index contributed by atoms with van der Waals surface area (Å²) in [5.74, 6) is 11.9. The Hall–Kier alpha value is -17.9. The minimum absolute atomic E-state index is 0.374. The minimum atomic E-state index is -0.554. The number of hydrogen-bond acceptors (Lipinski definition) is 24. The molecule has 0 radical (unpaired) electrons. The average Bonchev–Trinajstić information content (AvgIpc) is 1.04. The second kappa shape index (κ2) is 40.2. The van der Waals surface area contributed by atoms with Crippen molar-refractivity contribution in [1.29, 1.82) is 0 Å². The normalized spacial score (nSPS) is 10.9. The van der Waals surface area contributed by atoms with Crippen molar-refractivity contribution in [1.82, 2.24) is 106 Å². The molecular formula is C102H88ClN27O4. The average molecular weight is 1790 g/mol. The van der Waals surface area contributed by atoms with Crippen LogP contribution >= 0.6 is 11.6 Å². The molecule has 32 heteroatoms. The lowest BCUT2D eigenvalue weighted by atomic mass is 10.1. The number of amides is 1. The van der Waals surface area contributed by atoms with Crippen LogP contribution < -0.4 is 46.1 Å². The number of benzene rings is 11. The Balaban J connectivity index is 0.000000117. The lowest BCUT2D eigenvalue weighted by Crippen LogP contribution is -2.21. The molecule has 11 N–H and O–H groups in total. The van der Waals surface area contributed by atoms with Crippen LogP contribution in [0.5, 0.6) is 17.2 Å². The second-order valence-electron chi connectivity index (χ2n) is 31.0. The van der Waals surface area contributed by atoms with Crippen LogP contribution in [0, 0.1) is 55.0 Å². The van der Waals surface area contributed by atoms with Crippen molar-refractivity contribution in [3.63, 3.8) is 0 Å². The van der Waals surface area contributed by atoms with Gasteiger partial charge in [-0.15, -0.1) is 0 Å². The first kappa shape index (κ1) is 88.1. The molecule has 134 heavy (non-hydrogen) atoms. The smallest absolute Gasteiger partial charge is 0.412 e. The number of aryl methyl sites for hydroxylation is 7. The fourth-order valence-corrected chi connectivity index (χ4v) is 14.7. The molecule has 662 valence electrons. The zero-order chi connectivity index (χ0) is 92.7. The van der Waals surface area contributed by atoms with Crippen molar-refractivity contribution in [2.45, 2.75) is 55.4 Å². The first-order valence-electron chi connectivity index (χ1n) is 42.6. The molecule has 10 aromatic heterocycles. The van der Waals surface area contributed by atoms with Crippen LogP contribution in [0.3, 0.4) is 0 Å². The number of carbonyl (C=O) groups is 1. The molecule has 0 fully saturated rings. The molecule has 0 spiro atoms. The number of rotatable bonds is 19. The first-order chi connectivity index (χ1) is 65.3. The van der Waals surface area contributed by atoms with Crippen molar-refractivity contribution in [3.8, 4) is 74.2 Å². The Morgan fingerprint density at radius 1 is 0.366 bits per heavy atom. The van der Waals surface area contributed by atoms with E-state index in [1.54, 1.807) is 49.6 Å². The molecule has 0 aliphatic heterocycles. The highest BCUT2D eigenvalue weighted by Gasteiger charge is 2.21. The van der Waals surface area contributed by atoms with Gasteiger partial charge in [0.15, 0.2) is 63.9 Å². The Kier molecular flexibility index (Phi) is 26.4. The monoisotopic (exact) mass is 1790 g/mol. The molecule has 0 unspecified atom stereocenters. The third-order valence-corrected chi connectivity index (χ3v) is 21.2. The Morgan fingerprint density at radius 3 is 1.28 bits per heavy atom. The molecule has 0 saturated heterocycles. The van der Waals surface area contributed by atoms with E-state index < -0.39 is 6.09 Å². The SMILES string of the molecule is CCOc1cccc2c(Nc3cc(C)[nH]n3)nc(-c3ccccc3)nc12.CNC(=O)Oc1ccc2c(Nc3cc(C)[nH]n3)nc(-c3ccc(Cl)cc3)nc2c1.COc1ccc2c(Nc3cc(C)[nH]n3)nc(-c3ccccc3)nc2c1C.Cc1cc(Nc2nc(-c3ccc4ccccc4c3)nc3ccccc23)n[nH]1.[C-]#[N+]c1ccc2c(Nc3cc(C)[nH]n3)nc(-c3cccc(C)c3)nc2c1. The maximum atomic E-state index is 11.5. The molecule has 0 aliphatic rings. The number of halogens is 1. The lowest BCUT2D eigenvalue weighted by Gasteiger charge is -2.13. The van der Waals surface area contributed by atoms with Gasteiger partial charge < -0.3 is 46.1 Å². The van der Waals surface area contributed by atoms with Gasteiger partial charge >= 0.3 is 6.09 Å². The van der Waals surface area contributed by atoms with Crippen LogP contribution in [0.1, 0.15) is 46.5 Å². The zero-order valence-corrected chi connectivity index (χ0v) is 75.1. The number of methoxy groups -OCH3 is 1. The van der Waals surface area contributed by atoms with E-state index in [9.17, 15) is 4.79 Å². The molecule has 0 atom stereocenters. The fourth-order valence-electron chi connectivity index (χ4n) is 14.6. The summed E-state index contributed by atoms with van der Waals surface area (Å²) in [6.45, 7) is 23.6. The van der Waals surface area contributed by atoms with Gasteiger partial charge in [0, 0.05) is 137 Å². The predicted molar refractivity (Wildman–Crippen MR) is 529 cm³/mol. The number of nitrogens with one attached hydrogen (secondary N) is 11. The van der Waals surface area contributed by atoms with Crippen LogP contribution in [0.2, 0.25) is 5.02 Å². The number of ether oxygens (including phenoxy) is 3. The third kappa shape index (κ3) is 20.9. The summed E-state index contributed by atoms with van der Waals surface area (Å²) in [6.07, 6.45) is -0.554. The fraction of sp³-hybridized carbons (Fsp3) is 0.108. The molecule has 10 heterocycles. The number of anilines is 10. The summed E-state index contributed by atoms with van der Waals surface area (Å²) in [4.78, 5) is 62.4. The van der Waals surface area contributed by atoms with Gasteiger partial charge in [-0.05, 0) is 157 Å². The summed E-state index contributed by atoms with van der Waals surface area (Å²) < 4.78 is 16.5. The standard InChI is InChI=1S/C22H17N5.C20H17ClN6O2.C20H16N6.2C20H19N5O/c1-14-12-20(27-26-14)24-22-18-8-4-5-9-19(18)23-21(25-22)17-11-10-15-6-2-3-7-16(15)13-17;1-11-9-17(27-26-11)24-19-15-8-7-14(29-20(28)22-2)10-16(15)23-18(25-19)12-3-5-13(21)6-4-12;1-12-5-4-6-14(9-12)19-22-17-11-15(21-3)7-8-16(17)20(24-19)23-18-10-13(2)25-26-18;1-12-11-17(25-24-12)21-20-15-9-10-16(26-3)13(2)18(15)22-19(23-20)14-7-5-4-6-8-14;1-3-26-16-11-7-10-15-18(16)22-19(14-8-5-4-6-9-14)23-20(15)21-17-12-13(2)24-25-17/h2-13H,1H3,(H2,23,24,25,26,27);3-10H,1-2H3,(H,22,28)(H2,23,24,25,26,27);4-11H,1-2H3,(H2,22,23,24,25,26);4-11H,1-3H3,(H2,21,22,23,24,25);4-12H,3H2,1-2H3,(H2,21,22,23,24,25). The molecule has 1 amide bonds. The lowest BCUT2D eigenvalue weighted by molar-refractivity contribution is 0.203. The maximum Gasteiger partial charge on any atom is 0.412 e. The van der Waals surface area contributed by atoms with Crippen LogP contribution in [0.25, 0.3) is 127 Å². The molecule has 31 nitrogen and oxygen atoms in total. The zero-order valence-electron chi connectivity index (χ0n) is 74.4. The highest BCUT2D eigenvalue weighted by atomic mass is 35.5. The van der Waals surface area contributed by atoms with Crippen LogP contribution in [0.4, 0.5) is 68.7 Å². The van der Waals surface area contributed by atoms with Crippen molar-refractivity contribution in [2.75, 3.05) is 47.3 Å². The van der Waals surface area contributed by atoms with Gasteiger partial charge in [0.05, 0.1) is 42.4 Å². The molecule has 21 aromatic rings. The molecule has 21 rings (SSSR count). The van der Waals surface area contributed by atoms with Crippen molar-refractivity contribution < 1.29 is 19.0 Å². The molecule has 11 aromatic carbocycles. The third-order valence-electron chi connectivity index (χ3n) is 21.0. The van der Waals surface area contributed by atoms with E-state index in [4.69, 9.17) is 67.3 Å². The number of aromatic nitrogens is 20. The summed E-state index contributed by atoms with van der Waals surface area (Å²) in [6, 6.07) is 87.7. The molecular weight excluding hydrogens is 1700 g/mol. The highest BCUT2D eigenvalue weighted by Crippen LogP contribution is 2.39. The Bertz CT molecular complexity index is 7870. The number of hydrogen-bond donors (Lipinski definition) is 11.